The molecule has 1 aliphatic rings. The minimum Gasteiger partial charge on any atom is -0.481 e. The van der Waals surface area contributed by atoms with E-state index in [0.717, 1.165) is 25.9 Å². The van der Waals surface area contributed by atoms with Gasteiger partial charge in [-0.25, -0.2) is 4.79 Å². The number of likely N-dealkylation sites (tertiary alicyclic amines) is 1. The van der Waals surface area contributed by atoms with Gasteiger partial charge in [-0.1, -0.05) is 27.7 Å². The quantitative estimate of drug-likeness (QED) is 0.815. The first-order chi connectivity index (χ1) is 9.26. The molecular formula is C15H28N2O3. The van der Waals surface area contributed by atoms with E-state index in [1.807, 2.05) is 13.8 Å². The number of nitrogens with one attached hydrogen (secondary N) is 1. The van der Waals surface area contributed by atoms with Crippen molar-refractivity contribution in [3.8, 4) is 0 Å². The summed E-state index contributed by atoms with van der Waals surface area (Å²) in [6, 6.07) is -0.131. The number of piperidine rings is 1. The maximum Gasteiger partial charge on any atom is 0.317 e. The highest BCUT2D eigenvalue weighted by Crippen LogP contribution is 2.30. The van der Waals surface area contributed by atoms with Gasteiger partial charge in [0.25, 0.3) is 0 Å². The summed E-state index contributed by atoms with van der Waals surface area (Å²) in [6.45, 7) is 9.83. The van der Waals surface area contributed by atoms with Crippen LogP contribution in [-0.4, -0.2) is 41.6 Å². The lowest BCUT2D eigenvalue weighted by molar-refractivity contribution is -0.149. The fraction of sp³-hybridized carbons (Fsp3) is 0.867. The van der Waals surface area contributed by atoms with E-state index in [2.05, 4.69) is 19.2 Å². The predicted octanol–water partition coefficient (Wildman–Crippen LogP) is 2.71. The van der Waals surface area contributed by atoms with Crippen LogP contribution in [0.4, 0.5) is 4.79 Å². The van der Waals surface area contributed by atoms with Crippen molar-refractivity contribution in [1.82, 2.24) is 10.2 Å². The molecular weight excluding hydrogens is 256 g/mol. The molecule has 1 heterocycles. The number of amides is 2. The van der Waals surface area contributed by atoms with Gasteiger partial charge in [0.05, 0.1) is 5.41 Å². The Labute approximate surface area is 121 Å². The van der Waals surface area contributed by atoms with Gasteiger partial charge in [0.15, 0.2) is 0 Å². The van der Waals surface area contributed by atoms with E-state index in [4.69, 9.17) is 0 Å². The summed E-state index contributed by atoms with van der Waals surface area (Å²) in [5, 5.41) is 12.2. The number of aliphatic carboxylic acids is 1. The van der Waals surface area contributed by atoms with Gasteiger partial charge in [0, 0.05) is 19.6 Å². The van der Waals surface area contributed by atoms with Crippen LogP contribution in [0.1, 0.15) is 53.4 Å². The van der Waals surface area contributed by atoms with Crippen molar-refractivity contribution < 1.29 is 14.7 Å². The average Bonchev–Trinajstić information content (AvgIpc) is 2.39. The standard InChI is InChI=1S/C15H28N2O3/c1-5-15(6-2,12(18)19)11-16-13(20)17-9-7-14(3,4)8-10-17/h5-11H2,1-4H3,(H,16,20)(H,18,19). The third-order valence-corrected chi connectivity index (χ3v) is 4.79. The number of carboxylic acids is 1. The Bertz CT molecular complexity index is 352. The van der Waals surface area contributed by atoms with E-state index in [-0.39, 0.29) is 12.6 Å². The predicted molar refractivity (Wildman–Crippen MR) is 78.6 cm³/mol. The molecule has 5 nitrogen and oxygen atoms in total. The van der Waals surface area contributed by atoms with Crippen molar-refractivity contribution in [1.29, 1.82) is 0 Å². The van der Waals surface area contributed by atoms with Gasteiger partial charge >= 0.3 is 12.0 Å². The van der Waals surface area contributed by atoms with Crippen molar-refractivity contribution >= 4 is 12.0 Å². The molecule has 0 radical (unpaired) electrons. The van der Waals surface area contributed by atoms with Gasteiger partial charge in [-0.3, -0.25) is 4.79 Å². The normalized spacial score (nSPS) is 18.7. The van der Waals surface area contributed by atoms with Gasteiger partial charge < -0.3 is 15.3 Å². The Morgan fingerprint density at radius 1 is 1.20 bits per heavy atom. The van der Waals surface area contributed by atoms with E-state index in [9.17, 15) is 14.7 Å². The molecule has 0 spiro atoms. The molecule has 116 valence electrons. The number of hydrogen-bond donors (Lipinski definition) is 2. The highest BCUT2D eigenvalue weighted by atomic mass is 16.4. The van der Waals surface area contributed by atoms with Crippen LogP contribution in [0.3, 0.4) is 0 Å². The Hall–Kier alpha value is -1.26. The number of carbonyl (C=O) groups is 2. The van der Waals surface area contributed by atoms with Crippen molar-refractivity contribution in [2.45, 2.75) is 53.4 Å². The van der Waals surface area contributed by atoms with Crippen LogP contribution in [0.2, 0.25) is 0 Å². The van der Waals surface area contributed by atoms with Gasteiger partial charge in [-0.05, 0) is 31.1 Å². The zero-order chi connectivity index (χ0) is 15.4. The molecule has 0 aromatic carbocycles. The lowest BCUT2D eigenvalue weighted by Gasteiger charge is -2.37. The lowest BCUT2D eigenvalue weighted by Crippen LogP contribution is -2.50. The second-order valence-electron chi connectivity index (χ2n) is 6.60. The molecule has 0 aromatic rings. The first-order valence-electron chi connectivity index (χ1n) is 7.52. The number of carbonyl (C=O) groups excluding carboxylic acids is 1. The summed E-state index contributed by atoms with van der Waals surface area (Å²) < 4.78 is 0. The van der Waals surface area contributed by atoms with Crippen LogP contribution in [0.25, 0.3) is 0 Å². The van der Waals surface area contributed by atoms with Gasteiger partial charge in [-0.2, -0.15) is 0 Å². The highest BCUT2D eigenvalue weighted by Gasteiger charge is 2.36. The minimum absolute atomic E-state index is 0.131. The molecule has 1 fully saturated rings. The molecule has 0 aromatic heterocycles. The SMILES string of the molecule is CCC(CC)(CNC(=O)N1CCC(C)(C)CC1)C(=O)O. The molecule has 1 aliphatic heterocycles. The van der Waals surface area contributed by atoms with Crippen molar-refractivity contribution in [2.24, 2.45) is 10.8 Å². The van der Waals surface area contributed by atoms with Crippen molar-refractivity contribution in [3.05, 3.63) is 0 Å². The summed E-state index contributed by atoms with van der Waals surface area (Å²) in [7, 11) is 0. The topological polar surface area (TPSA) is 69.6 Å². The van der Waals surface area contributed by atoms with Gasteiger partial charge in [0.2, 0.25) is 0 Å². The second-order valence-corrected chi connectivity index (χ2v) is 6.60. The molecule has 5 heteroatoms. The van der Waals surface area contributed by atoms with E-state index in [0.29, 0.717) is 18.3 Å². The lowest BCUT2D eigenvalue weighted by atomic mass is 9.82. The number of nitrogens with zero attached hydrogens (tertiary/aromatic N) is 1. The van der Waals surface area contributed by atoms with E-state index < -0.39 is 11.4 Å². The van der Waals surface area contributed by atoms with Crippen LogP contribution in [-0.2, 0) is 4.79 Å². The molecule has 0 unspecified atom stereocenters. The molecule has 20 heavy (non-hydrogen) atoms. The Balaban J connectivity index is 2.53. The van der Waals surface area contributed by atoms with Crippen LogP contribution in [0.5, 0.6) is 0 Å². The minimum atomic E-state index is -0.843. The highest BCUT2D eigenvalue weighted by molar-refractivity contribution is 5.78. The van der Waals surface area contributed by atoms with Gasteiger partial charge in [0.1, 0.15) is 0 Å². The van der Waals surface area contributed by atoms with Crippen LogP contribution >= 0.6 is 0 Å². The molecule has 2 N–H and O–H groups in total. The number of carboxylic acid groups (broad SMARTS) is 1. The zero-order valence-electron chi connectivity index (χ0n) is 13.2. The average molecular weight is 284 g/mol. The maximum absolute atomic E-state index is 12.1. The fourth-order valence-electron chi connectivity index (χ4n) is 2.55. The molecule has 0 bridgehead atoms. The molecule has 0 atom stereocenters. The number of hydrogen-bond acceptors (Lipinski definition) is 2. The number of urea groups is 1. The van der Waals surface area contributed by atoms with Crippen LogP contribution in [0, 0.1) is 10.8 Å². The largest absolute Gasteiger partial charge is 0.481 e. The summed E-state index contributed by atoms with van der Waals surface area (Å²) in [6.07, 6.45) is 3.02. The molecule has 0 saturated carbocycles. The summed E-state index contributed by atoms with van der Waals surface area (Å²) in [5.41, 5.74) is -0.543. The monoisotopic (exact) mass is 284 g/mol. The molecule has 1 saturated heterocycles. The van der Waals surface area contributed by atoms with Gasteiger partial charge in [-0.15, -0.1) is 0 Å². The Kier molecular flexibility index (Phi) is 5.42. The van der Waals surface area contributed by atoms with E-state index in [1.165, 1.54) is 0 Å². The Morgan fingerprint density at radius 2 is 1.70 bits per heavy atom. The van der Waals surface area contributed by atoms with Crippen molar-refractivity contribution in [2.75, 3.05) is 19.6 Å². The maximum atomic E-state index is 12.1. The third-order valence-electron chi connectivity index (χ3n) is 4.79. The number of rotatable bonds is 5. The first kappa shape index (κ1) is 16.8. The van der Waals surface area contributed by atoms with E-state index >= 15 is 0 Å². The van der Waals surface area contributed by atoms with Crippen LogP contribution in [0.15, 0.2) is 0 Å². The van der Waals surface area contributed by atoms with Crippen LogP contribution < -0.4 is 5.32 Å². The third kappa shape index (κ3) is 3.87. The summed E-state index contributed by atoms with van der Waals surface area (Å²) in [4.78, 5) is 25.3. The summed E-state index contributed by atoms with van der Waals surface area (Å²) >= 11 is 0. The Morgan fingerprint density at radius 3 is 2.10 bits per heavy atom. The zero-order valence-corrected chi connectivity index (χ0v) is 13.2. The smallest absolute Gasteiger partial charge is 0.317 e. The summed E-state index contributed by atoms with van der Waals surface area (Å²) in [5.74, 6) is -0.831. The molecule has 1 rings (SSSR count). The fourth-order valence-corrected chi connectivity index (χ4v) is 2.55. The van der Waals surface area contributed by atoms with Crippen molar-refractivity contribution in [3.63, 3.8) is 0 Å². The first-order valence-corrected chi connectivity index (χ1v) is 7.52. The molecule has 0 aliphatic carbocycles. The van der Waals surface area contributed by atoms with E-state index in [1.54, 1.807) is 4.90 Å². The molecule has 2 amide bonds. The second kappa shape index (κ2) is 6.46.